The van der Waals surface area contributed by atoms with Gasteiger partial charge in [0, 0.05) is 6.04 Å². The van der Waals surface area contributed by atoms with Gasteiger partial charge in [0.25, 0.3) is 0 Å². The fourth-order valence-corrected chi connectivity index (χ4v) is 1.60. The summed E-state index contributed by atoms with van der Waals surface area (Å²) in [6.07, 6.45) is 10.2. The number of hydrogen-bond donors (Lipinski definition) is 0. The van der Waals surface area contributed by atoms with Gasteiger partial charge in [0.15, 0.2) is 0 Å². The summed E-state index contributed by atoms with van der Waals surface area (Å²) >= 11 is 0. The smallest absolute Gasteiger partial charge is 0.146 e. The second-order valence-electron chi connectivity index (χ2n) is 3.22. The Balaban J connectivity index is 0.000000561. The van der Waals surface area contributed by atoms with Crippen molar-refractivity contribution >= 4 is 5.78 Å². The lowest BCUT2D eigenvalue weighted by Gasteiger charge is -2.20. The van der Waals surface area contributed by atoms with Crippen LogP contribution >= 0.6 is 0 Å². The molecule has 0 aromatic carbocycles. The average molecular weight is 167 g/mol. The topological polar surface area (TPSA) is 20.3 Å². The van der Waals surface area contributed by atoms with E-state index in [4.69, 9.17) is 0 Å². The van der Waals surface area contributed by atoms with Crippen molar-refractivity contribution in [2.45, 2.75) is 38.8 Å². The second-order valence-corrected chi connectivity index (χ2v) is 3.22. The number of rotatable bonds is 1. The summed E-state index contributed by atoms with van der Waals surface area (Å²) in [7, 11) is 2.03. The lowest BCUT2D eigenvalue weighted by molar-refractivity contribution is -0.121. The predicted molar refractivity (Wildman–Crippen MR) is 50.8 cm³/mol. The molecule has 1 rings (SSSR count). The molecule has 2 nitrogen and oxygen atoms in total. The number of nitrogens with zero attached hydrogens (tertiary/aromatic N) is 1. The molecule has 0 N–H and O–H groups in total. The molecule has 2 heteroatoms. The molecule has 1 fully saturated rings. The number of terminal acetylenes is 1. The van der Waals surface area contributed by atoms with E-state index in [0.717, 1.165) is 6.42 Å². The third kappa shape index (κ3) is 2.35. The Bertz CT molecular complexity index is 174. The van der Waals surface area contributed by atoms with Gasteiger partial charge in [-0.15, -0.1) is 12.8 Å². The monoisotopic (exact) mass is 167 g/mol. The maximum absolute atomic E-state index is 11.0. The van der Waals surface area contributed by atoms with E-state index >= 15 is 0 Å². The summed E-state index contributed by atoms with van der Waals surface area (Å²) in [5.41, 5.74) is 0. The van der Waals surface area contributed by atoms with Crippen LogP contribution in [0.4, 0.5) is 0 Å². The first kappa shape index (κ1) is 11.2. The molecule has 0 spiro atoms. The fourth-order valence-electron chi connectivity index (χ4n) is 1.60. The van der Waals surface area contributed by atoms with Crippen LogP contribution in [-0.4, -0.2) is 29.8 Å². The molecular formula is C10H17NO. The quantitative estimate of drug-likeness (QED) is 0.549. The lowest BCUT2D eigenvalue weighted by Crippen LogP contribution is -2.34. The molecule has 68 valence electrons. The minimum Gasteiger partial charge on any atom is -0.298 e. The number of ketones is 1. The summed E-state index contributed by atoms with van der Waals surface area (Å²) in [5.74, 6) is 0.312. The van der Waals surface area contributed by atoms with E-state index in [1.807, 2.05) is 7.05 Å². The van der Waals surface area contributed by atoms with Crippen LogP contribution in [0.5, 0.6) is 0 Å². The highest BCUT2D eigenvalue weighted by Gasteiger charge is 2.29. The van der Waals surface area contributed by atoms with Crippen LogP contribution in [-0.2, 0) is 4.79 Å². The largest absolute Gasteiger partial charge is 0.298 e. The molecule has 1 aliphatic heterocycles. The van der Waals surface area contributed by atoms with Crippen molar-refractivity contribution in [1.82, 2.24) is 4.90 Å². The van der Waals surface area contributed by atoms with Crippen LogP contribution < -0.4 is 0 Å². The maximum Gasteiger partial charge on any atom is 0.146 e. The molecule has 0 unspecified atom stereocenters. The third-order valence-corrected chi connectivity index (χ3v) is 2.51. The van der Waals surface area contributed by atoms with Gasteiger partial charge >= 0.3 is 0 Å². The molecule has 1 saturated heterocycles. The highest BCUT2D eigenvalue weighted by molar-refractivity contribution is 5.81. The summed E-state index contributed by atoms with van der Waals surface area (Å²) in [5, 5.41) is 0. The summed E-state index contributed by atoms with van der Waals surface area (Å²) in [6.45, 7) is 3.85. The van der Waals surface area contributed by atoms with Crippen molar-refractivity contribution in [1.29, 1.82) is 0 Å². The molecular weight excluding hydrogens is 150 g/mol. The molecule has 0 bridgehead atoms. The Morgan fingerprint density at radius 1 is 1.42 bits per heavy atom. The lowest BCUT2D eigenvalue weighted by atomic mass is 10.1. The summed E-state index contributed by atoms with van der Waals surface area (Å²) < 4.78 is 0. The molecule has 0 aromatic rings. The van der Waals surface area contributed by atoms with Crippen LogP contribution in [0.25, 0.3) is 0 Å². The van der Waals surface area contributed by atoms with Gasteiger partial charge < -0.3 is 0 Å². The first-order chi connectivity index (χ1) is 5.63. The minimum absolute atomic E-state index is 0.204. The second kappa shape index (κ2) is 4.95. The van der Waals surface area contributed by atoms with E-state index in [9.17, 15) is 4.79 Å². The Labute approximate surface area is 74.9 Å². The van der Waals surface area contributed by atoms with Gasteiger partial charge in [-0.1, -0.05) is 0 Å². The molecule has 0 radical (unpaired) electrons. The SMILES string of the molecule is C#C.CC(=O)[C@@H]1CC[C@H](C)N1C. The Morgan fingerprint density at radius 3 is 2.08 bits per heavy atom. The number of carbonyl (C=O) groups excluding carboxylic acids is 1. The van der Waals surface area contributed by atoms with Crippen molar-refractivity contribution in [2.75, 3.05) is 7.05 Å². The molecule has 1 aliphatic rings. The van der Waals surface area contributed by atoms with Crippen LogP contribution in [0.2, 0.25) is 0 Å². The third-order valence-electron chi connectivity index (χ3n) is 2.51. The average Bonchev–Trinajstić information content (AvgIpc) is 2.37. The van der Waals surface area contributed by atoms with Gasteiger partial charge in [-0.25, -0.2) is 0 Å². The van der Waals surface area contributed by atoms with E-state index in [-0.39, 0.29) is 6.04 Å². The van der Waals surface area contributed by atoms with Gasteiger partial charge in [0.05, 0.1) is 6.04 Å². The fraction of sp³-hybridized carbons (Fsp3) is 0.700. The highest BCUT2D eigenvalue weighted by atomic mass is 16.1. The van der Waals surface area contributed by atoms with Gasteiger partial charge in [-0.2, -0.15) is 0 Å². The van der Waals surface area contributed by atoms with Crippen molar-refractivity contribution < 1.29 is 4.79 Å². The van der Waals surface area contributed by atoms with Gasteiger partial charge in [-0.05, 0) is 33.7 Å². The first-order valence-corrected chi connectivity index (χ1v) is 4.18. The number of hydrogen-bond acceptors (Lipinski definition) is 2. The Kier molecular flexibility index (Phi) is 4.61. The first-order valence-electron chi connectivity index (χ1n) is 4.18. The van der Waals surface area contributed by atoms with Gasteiger partial charge in [0.2, 0.25) is 0 Å². The number of likely N-dealkylation sites (tertiary alicyclic amines) is 1. The number of likely N-dealkylation sites (N-methyl/N-ethyl adjacent to an activating group) is 1. The predicted octanol–water partition coefficient (Wildman–Crippen LogP) is 1.31. The molecule has 12 heavy (non-hydrogen) atoms. The van der Waals surface area contributed by atoms with E-state index < -0.39 is 0 Å². The Hall–Kier alpha value is -0.810. The number of carbonyl (C=O) groups is 1. The van der Waals surface area contributed by atoms with Crippen LogP contribution in [0.15, 0.2) is 0 Å². The van der Waals surface area contributed by atoms with Crippen molar-refractivity contribution in [2.24, 2.45) is 0 Å². The molecule has 0 aliphatic carbocycles. The molecule has 1 heterocycles. The summed E-state index contributed by atoms with van der Waals surface area (Å²) in [4.78, 5) is 13.1. The highest BCUT2D eigenvalue weighted by Crippen LogP contribution is 2.21. The number of Topliss-reactive ketones (excluding diaryl/α,β-unsaturated/α-hetero) is 1. The van der Waals surface area contributed by atoms with Crippen LogP contribution in [0.1, 0.15) is 26.7 Å². The standard InChI is InChI=1S/C8H15NO.C2H2/c1-6-4-5-8(7(2)10)9(6)3;1-2/h6,8H,4-5H2,1-3H3;1-2H/t6-,8-;/m0./s1. The Morgan fingerprint density at radius 2 is 1.92 bits per heavy atom. The van der Waals surface area contributed by atoms with E-state index in [2.05, 4.69) is 24.7 Å². The molecule has 0 saturated carbocycles. The summed E-state index contributed by atoms with van der Waals surface area (Å²) in [6, 6.07) is 0.795. The normalized spacial score (nSPS) is 29.1. The zero-order valence-corrected chi connectivity index (χ0v) is 8.08. The van der Waals surface area contributed by atoms with E-state index in [0.29, 0.717) is 11.8 Å². The van der Waals surface area contributed by atoms with Crippen molar-refractivity contribution in [3.8, 4) is 12.8 Å². The van der Waals surface area contributed by atoms with E-state index in [1.165, 1.54) is 6.42 Å². The zero-order chi connectivity index (χ0) is 9.72. The zero-order valence-electron chi connectivity index (χ0n) is 8.08. The minimum atomic E-state index is 0.204. The molecule has 2 atom stereocenters. The molecule has 0 amide bonds. The van der Waals surface area contributed by atoms with Crippen LogP contribution in [0.3, 0.4) is 0 Å². The maximum atomic E-state index is 11.0. The van der Waals surface area contributed by atoms with Crippen LogP contribution in [0, 0.1) is 12.8 Å². The van der Waals surface area contributed by atoms with Crippen molar-refractivity contribution in [3.63, 3.8) is 0 Å². The van der Waals surface area contributed by atoms with E-state index in [1.54, 1.807) is 6.92 Å². The molecule has 0 aromatic heterocycles. The van der Waals surface area contributed by atoms with Gasteiger partial charge in [0.1, 0.15) is 5.78 Å². The van der Waals surface area contributed by atoms with Gasteiger partial charge in [-0.3, -0.25) is 9.69 Å². The van der Waals surface area contributed by atoms with Crippen molar-refractivity contribution in [3.05, 3.63) is 0 Å².